The Morgan fingerprint density at radius 2 is 1.66 bits per heavy atom. The average Bonchev–Trinajstić information content (AvgIpc) is 2.95. The summed E-state index contributed by atoms with van der Waals surface area (Å²) in [5.41, 5.74) is 3.12. The van der Waals surface area contributed by atoms with E-state index in [1.165, 1.54) is 0 Å². The minimum Gasteiger partial charge on any atom is -0.345 e. The summed E-state index contributed by atoms with van der Waals surface area (Å²) in [5.74, 6) is -1.72. The summed E-state index contributed by atoms with van der Waals surface area (Å²) in [5, 5.41) is 5.44. The largest absolute Gasteiger partial charge is 0.345 e. The van der Waals surface area contributed by atoms with E-state index in [2.05, 4.69) is 15.6 Å². The zero-order chi connectivity index (χ0) is 21.0. The summed E-state index contributed by atoms with van der Waals surface area (Å²) < 4.78 is 1.64. The van der Waals surface area contributed by atoms with Crippen molar-refractivity contribution >= 4 is 23.3 Å². The van der Waals surface area contributed by atoms with Crippen molar-refractivity contribution in [2.24, 2.45) is 7.05 Å². The molecule has 0 atom stereocenters. The highest BCUT2D eigenvalue weighted by atomic mass is 16.2. The second-order valence-corrected chi connectivity index (χ2v) is 6.68. The summed E-state index contributed by atoms with van der Waals surface area (Å²) in [6.07, 6.45) is 3.23. The number of pyridine rings is 1. The van der Waals surface area contributed by atoms with Crippen LogP contribution in [0.15, 0.2) is 54.9 Å². The van der Waals surface area contributed by atoms with Gasteiger partial charge in [-0.3, -0.25) is 19.4 Å². The van der Waals surface area contributed by atoms with Crippen LogP contribution in [-0.2, 0) is 18.4 Å². The fourth-order valence-electron chi connectivity index (χ4n) is 3.22. The molecule has 3 aromatic rings. The van der Waals surface area contributed by atoms with Gasteiger partial charge in [0, 0.05) is 37.4 Å². The summed E-state index contributed by atoms with van der Waals surface area (Å²) in [6.45, 7) is 3.62. The fraction of sp³-hybridized carbons (Fsp3) is 0.182. The van der Waals surface area contributed by atoms with Gasteiger partial charge in [-0.1, -0.05) is 18.2 Å². The van der Waals surface area contributed by atoms with Gasteiger partial charge in [-0.15, -0.1) is 0 Å². The van der Waals surface area contributed by atoms with Crippen LogP contribution < -0.4 is 10.6 Å². The lowest BCUT2D eigenvalue weighted by Gasteiger charge is -2.08. The first kappa shape index (κ1) is 20.0. The van der Waals surface area contributed by atoms with E-state index in [-0.39, 0.29) is 18.0 Å². The molecule has 1 aromatic carbocycles. The topological polar surface area (TPSA) is 93.1 Å². The van der Waals surface area contributed by atoms with E-state index in [0.29, 0.717) is 22.6 Å². The van der Waals surface area contributed by atoms with Gasteiger partial charge in [0.25, 0.3) is 17.6 Å². The van der Waals surface area contributed by atoms with Crippen molar-refractivity contribution < 1.29 is 14.4 Å². The van der Waals surface area contributed by atoms with Crippen molar-refractivity contribution in [2.45, 2.75) is 20.4 Å². The van der Waals surface area contributed by atoms with Crippen LogP contribution in [-0.4, -0.2) is 27.1 Å². The lowest BCUT2D eigenvalue weighted by molar-refractivity contribution is -0.117. The van der Waals surface area contributed by atoms with E-state index in [0.717, 1.165) is 5.56 Å². The van der Waals surface area contributed by atoms with Crippen molar-refractivity contribution in [3.05, 3.63) is 82.9 Å². The fourth-order valence-corrected chi connectivity index (χ4v) is 3.22. The van der Waals surface area contributed by atoms with Gasteiger partial charge in [0.1, 0.15) is 5.69 Å². The number of carbonyl (C=O) groups excluding carboxylic acids is 3. The minimum atomic E-state index is -0.714. The lowest BCUT2D eigenvalue weighted by Crippen LogP contribution is -2.31. The predicted molar refractivity (Wildman–Crippen MR) is 110 cm³/mol. The molecular weight excluding hydrogens is 368 g/mol. The molecule has 0 spiro atoms. The first-order valence-electron chi connectivity index (χ1n) is 9.14. The molecular formula is C22H22N4O3. The van der Waals surface area contributed by atoms with E-state index < -0.39 is 11.7 Å². The molecule has 3 rings (SSSR count). The summed E-state index contributed by atoms with van der Waals surface area (Å²) in [4.78, 5) is 41.9. The Morgan fingerprint density at radius 1 is 1.00 bits per heavy atom. The number of para-hydroxylation sites is 1. The Kier molecular flexibility index (Phi) is 5.87. The number of nitrogens with zero attached hydrogens (tertiary/aromatic N) is 2. The highest BCUT2D eigenvalue weighted by Crippen LogP contribution is 2.23. The molecule has 2 aromatic heterocycles. The van der Waals surface area contributed by atoms with Crippen LogP contribution in [0.4, 0.5) is 5.69 Å². The van der Waals surface area contributed by atoms with Crippen LogP contribution in [0, 0.1) is 13.8 Å². The van der Waals surface area contributed by atoms with Gasteiger partial charge >= 0.3 is 0 Å². The summed E-state index contributed by atoms with van der Waals surface area (Å²) in [7, 11) is 1.70. The maximum atomic E-state index is 12.8. The van der Waals surface area contributed by atoms with E-state index in [1.54, 1.807) is 62.1 Å². The number of benzene rings is 1. The maximum Gasteiger partial charge on any atom is 0.292 e. The molecule has 0 aliphatic carbocycles. The summed E-state index contributed by atoms with van der Waals surface area (Å²) >= 11 is 0. The van der Waals surface area contributed by atoms with Gasteiger partial charge in [0.05, 0.1) is 5.56 Å². The van der Waals surface area contributed by atoms with Crippen LogP contribution in [0.1, 0.15) is 37.7 Å². The Hall–Kier alpha value is -3.74. The number of aromatic nitrogens is 2. The quantitative estimate of drug-likeness (QED) is 0.500. The van der Waals surface area contributed by atoms with Crippen molar-refractivity contribution in [1.29, 1.82) is 0 Å². The van der Waals surface area contributed by atoms with Crippen LogP contribution in [0.3, 0.4) is 0 Å². The SMILES string of the molecule is Cc1c(C(=O)C(=O)NCc2ccncc2)c(C)n(C)c1C(=O)Nc1ccccc1. The molecule has 2 amide bonds. The van der Waals surface area contributed by atoms with E-state index in [1.807, 2.05) is 18.2 Å². The molecule has 0 saturated carbocycles. The van der Waals surface area contributed by atoms with Gasteiger partial charge in [-0.05, 0) is 49.2 Å². The normalized spacial score (nSPS) is 10.4. The molecule has 0 aliphatic rings. The number of nitrogens with one attached hydrogen (secondary N) is 2. The Labute approximate surface area is 168 Å². The Morgan fingerprint density at radius 3 is 2.31 bits per heavy atom. The highest BCUT2D eigenvalue weighted by molar-refractivity contribution is 6.43. The number of rotatable bonds is 6. The third-order valence-electron chi connectivity index (χ3n) is 4.81. The summed E-state index contributed by atoms with van der Waals surface area (Å²) in [6, 6.07) is 12.6. The third-order valence-corrected chi connectivity index (χ3v) is 4.81. The molecule has 2 heterocycles. The molecule has 7 nitrogen and oxygen atoms in total. The number of Topliss-reactive ketones (excluding diaryl/α,β-unsaturated/α-hetero) is 1. The minimum absolute atomic E-state index is 0.222. The number of carbonyl (C=O) groups is 3. The second kappa shape index (κ2) is 8.52. The molecule has 0 aliphatic heterocycles. The molecule has 2 N–H and O–H groups in total. The number of hydrogen-bond acceptors (Lipinski definition) is 4. The molecule has 7 heteroatoms. The molecule has 0 bridgehead atoms. The zero-order valence-corrected chi connectivity index (χ0v) is 16.5. The number of ketones is 1. The first-order valence-corrected chi connectivity index (χ1v) is 9.14. The molecule has 29 heavy (non-hydrogen) atoms. The molecule has 0 unspecified atom stereocenters. The van der Waals surface area contributed by atoms with Crippen molar-refractivity contribution in [1.82, 2.24) is 14.9 Å². The second-order valence-electron chi connectivity index (χ2n) is 6.68. The smallest absolute Gasteiger partial charge is 0.292 e. The standard InChI is InChI=1S/C22H22N4O3/c1-14-18(20(27)22(29)24-13-16-9-11-23-12-10-16)15(2)26(3)19(14)21(28)25-17-7-5-4-6-8-17/h4-12H,13H2,1-3H3,(H,24,29)(H,25,28). The van der Waals surface area contributed by atoms with Crippen molar-refractivity contribution in [2.75, 3.05) is 5.32 Å². The monoisotopic (exact) mass is 390 g/mol. The average molecular weight is 390 g/mol. The molecule has 0 fully saturated rings. The van der Waals surface area contributed by atoms with Crippen LogP contribution >= 0.6 is 0 Å². The number of hydrogen-bond donors (Lipinski definition) is 2. The highest BCUT2D eigenvalue weighted by Gasteiger charge is 2.28. The molecule has 148 valence electrons. The molecule has 0 saturated heterocycles. The number of anilines is 1. The van der Waals surface area contributed by atoms with E-state index in [4.69, 9.17) is 0 Å². The van der Waals surface area contributed by atoms with Crippen molar-refractivity contribution in [3.63, 3.8) is 0 Å². The molecule has 0 radical (unpaired) electrons. The third kappa shape index (κ3) is 4.24. The number of amides is 2. The van der Waals surface area contributed by atoms with Gasteiger partial charge in [0.2, 0.25) is 0 Å². The van der Waals surface area contributed by atoms with Crippen LogP contribution in [0.25, 0.3) is 0 Å². The van der Waals surface area contributed by atoms with Gasteiger partial charge < -0.3 is 15.2 Å². The van der Waals surface area contributed by atoms with Gasteiger partial charge in [-0.25, -0.2) is 0 Å². The lowest BCUT2D eigenvalue weighted by atomic mass is 10.0. The van der Waals surface area contributed by atoms with E-state index >= 15 is 0 Å². The zero-order valence-electron chi connectivity index (χ0n) is 16.5. The van der Waals surface area contributed by atoms with E-state index in [9.17, 15) is 14.4 Å². The van der Waals surface area contributed by atoms with Crippen LogP contribution in [0.5, 0.6) is 0 Å². The van der Waals surface area contributed by atoms with Gasteiger partial charge in [0.15, 0.2) is 0 Å². The Bertz CT molecular complexity index is 1060. The predicted octanol–water partition coefficient (Wildman–Crippen LogP) is 2.79. The van der Waals surface area contributed by atoms with Gasteiger partial charge in [-0.2, -0.15) is 0 Å². The van der Waals surface area contributed by atoms with Crippen molar-refractivity contribution in [3.8, 4) is 0 Å². The first-order chi connectivity index (χ1) is 13.9. The van der Waals surface area contributed by atoms with Crippen LogP contribution in [0.2, 0.25) is 0 Å². The maximum absolute atomic E-state index is 12.8. The Balaban J connectivity index is 1.80.